The molecular formula is C11H14N4O. The third kappa shape index (κ3) is 3.33. The van der Waals surface area contributed by atoms with Crippen LogP contribution in [0.1, 0.15) is 20.8 Å². The lowest BCUT2D eigenvalue weighted by atomic mass is 10.1. The van der Waals surface area contributed by atoms with Gasteiger partial charge in [0.25, 0.3) is 0 Å². The van der Waals surface area contributed by atoms with Gasteiger partial charge in [0.1, 0.15) is 0 Å². The van der Waals surface area contributed by atoms with E-state index in [9.17, 15) is 5.21 Å². The Bertz CT molecular complexity index is 400. The lowest BCUT2D eigenvalue weighted by Crippen LogP contribution is -2.33. The molecule has 0 fully saturated rings. The van der Waals surface area contributed by atoms with E-state index in [1.54, 1.807) is 45.1 Å². The fourth-order valence-electron chi connectivity index (χ4n) is 0.949. The number of nitrogens with zero attached hydrogens (tertiary/aromatic N) is 4. The lowest BCUT2D eigenvalue weighted by Gasteiger charge is -2.38. The van der Waals surface area contributed by atoms with E-state index in [4.69, 9.17) is 5.39 Å². The highest BCUT2D eigenvalue weighted by molar-refractivity contribution is 6.05. The first-order valence-corrected chi connectivity index (χ1v) is 4.90. The number of hydroxylamine groups is 1. The van der Waals surface area contributed by atoms with E-state index in [0.717, 1.165) is 5.57 Å². The zero-order chi connectivity index (χ0) is 12.2. The highest BCUT2D eigenvalue weighted by atomic mass is 16.5. The molecule has 0 radical (unpaired) electrons. The summed E-state index contributed by atoms with van der Waals surface area (Å²) in [4.78, 5) is 2.91. The van der Waals surface area contributed by atoms with E-state index in [1.807, 2.05) is 0 Å². The van der Waals surface area contributed by atoms with Crippen LogP contribution in [0.15, 0.2) is 41.2 Å². The van der Waals surface area contributed by atoms with Gasteiger partial charge in [0.05, 0.1) is 11.3 Å². The van der Waals surface area contributed by atoms with Crippen molar-refractivity contribution in [2.75, 3.05) is 0 Å². The molecule has 0 aromatic heterocycles. The largest absolute Gasteiger partial charge is 0.741 e. The van der Waals surface area contributed by atoms with Gasteiger partial charge in [-0.05, 0) is 45.1 Å². The van der Waals surface area contributed by atoms with Crippen molar-refractivity contribution in [1.82, 2.24) is 5.17 Å². The first-order chi connectivity index (χ1) is 7.43. The predicted molar refractivity (Wildman–Crippen MR) is 63.8 cm³/mol. The van der Waals surface area contributed by atoms with E-state index in [-0.39, 0.29) is 0 Å². The highest BCUT2D eigenvalue weighted by Gasteiger charge is 2.11. The third-order valence-electron chi connectivity index (χ3n) is 1.88. The number of rotatable bonds is 1. The summed E-state index contributed by atoms with van der Waals surface area (Å²) < 4.78 is 0. The number of allylic oxidation sites excluding steroid dienone is 5. The number of hydrogen-bond acceptors (Lipinski definition) is 4. The second-order valence-corrected chi connectivity index (χ2v) is 4.38. The van der Waals surface area contributed by atoms with Crippen LogP contribution in [0.4, 0.5) is 0 Å². The van der Waals surface area contributed by atoms with E-state index in [2.05, 4.69) is 10.1 Å². The molecular weight excluding hydrogens is 204 g/mol. The molecule has 84 valence electrons. The van der Waals surface area contributed by atoms with Gasteiger partial charge in [-0.2, -0.15) is 5.10 Å². The van der Waals surface area contributed by atoms with Crippen LogP contribution in [0.25, 0.3) is 4.98 Å². The molecule has 5 heteroatoms. The second-order valence-electron chi connectivity index (χ2n) is 4.38. The Morgan fingerprint density at radius 3 is 2.31 bits per heavy atom. The van der Waals surface area contributed by atoms with Gasteiger partial charge >= 0.3 is 6.20 Å². The van der Waals surface area contributed by atoms with Crippen molar-refractivity contribution in [2.45, 2.75) is 26.3 Å². The third-order valence-corrected chi connectivity index (χ3v) is 1.88. The molecule has 0 unspecified atom stereocenters. The summed E-state index contributed by atoms with van der Waals surface area (Å²) in [5.74, 6) is 0. The molecule has 0 saturated heterocycles. The average Bonchev–Trinajstić information content (AvgIpc) is 2.20. The number of hydrogen-bond donors (Lipinski definition) is 0. The molecule has 5 nitrogen and oxygen atoms in total. The summed E-state index contributed by atoms with van der Waals surface area (Å²) in [6.07, 6.45) is 8.12. The maximum absolute atomic E-state index is 11.5. The summed E-state index contributed by atoms with van der Waals surface area (Å²) in [6, 6.07) is 0. The van der Waals surface area contributed by atoms with Gasteiger partial charge in [0, 0.05) is 5.54 Å². The predicted octanol–water partition coefficient (Wildman–Crippen LogP) is 2.80. The molecule has 0 aromatic carbocycles. The van der Waals surface area contributed by atoms with E-state index in [0.29, 0.717) is 10.9 Å². The Morgan fingerprint density at radius 1 is 1.31 bits per heavy atom. The Balaban J connectivity index is 2.79. The number of hydrazone groups is 1. The molecule has 16 heavy (non-hydrogen) atoms. The SMILES string of the molecule is CC(C)(C)N([O-])N=C1C=CC(=C[N+]#N)C=C1. The smallest absolute Gasteiger partial charge is 0.357 e. The van der Waals surface area contributed by atoms with Crippen molar-refractivity contribution < 1.29 is 0 Å². The van der Waals surface area contributed by atoms with Crippen molar-refractivity contribution in [3.8, 4) is 0 Å². The van der Waals surface area contributed by atoms with Gasteiger partial charge in [0.2, 0.25) is 5.39 Å². The van der Waals surface area contributed by atoms with Gasteiger partial charge in [-0.25, -0.2) is 0 Å². The first-order valence-electron chi connectivity index (χ1n) is 4.90. The van der Waals surface area contributed by atoms with Gasteiger partial charge in [-0.15, -0.1) is 0 Å². The molecule has 1 rings (SSSR count). The minimum atomic E-state index is -0.550. The quantitative estimate of drug-likeness (QED) is 0.502. The zero-order valence-corrected chi connectivity index (χ0v) is 9.58. The Morgan fingerprint density at radius 2 is 1.88 bits per heavy atom. The minimum Gasteiger partial charge on any atom is -0.741 e. The van der Waals surface area contributed by atoms with Crippen LogP contribution in [0.2, 0.25) is 0 Å². The minimum absolute atomic E-state index is 0.550. The lowest BCUT2D eigenvalue weighted by molar-refractivity contribution is 0.216. The van der Waals surface area contributed by atoms with E-state index in [1.165, 1.54) is 6.20 Å². The Hall–Kier alpha value is -1.93. The fourth-order valence-corrected chi connectivity index (χ4v) is 0.949. The molecule has 0 aromatic rings. The van der Waals surface area contributed by atoms with Gasteiger partial charge in [-0.3, -0.25) is 0 Å². The molecule has 0 N–H and O–H groups in total. The average molecular weight is 218 g/mol. The molecule has 0 atom stereocenters. The van der Waals surface area contributed by atoms with Crippen LogP contribution in [-0.2, 0) is 0 Å². The second kappa shape index (κ2) is 4.73. The molecule has 0 heterocycles. The van der Waals surface area contributed by atoms with Crippen LogP contribution in [-0.4, -0.2) is 16.4 Å². The zero-order valence-electron chi connectivity index (χ0n) is 9.58. The summed E-state index contributed by atoms with van der Waals surface area (Å²) in [5.41, 5.74) is 0.764. The standard InChI is InChI=1S/C11H14N4O/c1-11(2,3)15(16)14-10-6-4-9(5-7-10)8-13-12/h4-8H,1-3H3. The summed E-state index contributed by atoms with van der Waals surface area (Å²) in [7, 11) is 0. The first kappa shape index (κ1) is 12.1. The molecule has 0 bridgehead atoms. The van der Waals surface area contributed by atoms with Crippen LogP contribution in [0, 0.1) is 10.6 Å². The molecule has 1 aliphatic rings. The normalized spacial score (nSPS) is 14.7. The molecule has 0 spiro atoms. The van der Waals surface area contributed by atoms with Crippen LogP contribution in [0.3, 0.4) is 0 Å². The van der Waals surface area contributed by atoms with Crippen molar-refractivity contribution in [2.24, 2.45) is 5.10 Å². The molecule has 0 aliphatic heterocycles. The maximum Gasteiger partial charge on any atom is 0.357 e. The summed E-state index contributed by atoms with van der Waals surface area (Å²) in [5, 5.41) is 24.4. The number of diazo groups is 1. The molecule has 1 aliphatic carbocycles. The van der Waals surface area contributed by atoms with Gasteiger partial charge in [0.15, 0.2) is 4.98 Å². The fraction of sp³-hybridized carbons (Fsp3) is 0.364. The van der Waals surface area contributed by atoms with Gasteiger partial charge < -0.3 is 10.4 Å². The summed E-state index contributed by atoms with van der Waals surface area (Å²) in [6.45, 7) is 5.36. The monoisotopic (exact) mass is 218 g/mol. The maximum atomic E-state index is 11.5. The molecule has 0 amide bonds. The Labute approximate surface area is 94.6 Å². The van der Waals surface area contributed by atoms with Crippen molar-refractivity contribution in [3.63, 3.8) is 0 Å². The van der Waals surface area contributed by atoms with Crippen LogP contribution < -0.4 is 0 Å². The van der Waals surface area contributed by atoms with Crippen molar-refractivity contribution in [3.05, 3.63) is 46.3 Å². The topological polar surface area (TPSA) is 66.8 Å². The molecule has 0 saturated carbocycles. The Kier molecular flexibility index (Phi) is 3.59. The van der Waals surface area contributed by atoms with E-state index < -0.39 is 5.54 Å². The van der Waals surface area contributed by atoms with Crippen LogP contribution >= 0.6 is 0 Å². The highest BCUT2D eigenvalue weighted by Crippen LogP contribution is 2.14. The van der Waals surface area contributed by atoms with Gasteiger partial charge in [-0.1, -0.05) is 0 Å². The summed E-state index contributed by atoms with van der Waals surface area (Å²) >= 11 is 0. The van der Waals surface area contributed by atoms with Crippen LogP contribution in [0.5, 0.6) is 0 Å². The van der Waals surface area contributed by atoms with E-state index >= 15 is 0 Å². The van der Waals surface area contributed by atoms with Crippen molar-refractivity contribution in [1.29, 1.82) is 5.39 Å². The van der Waals surface area contributed by atoms with Crippen molar-refractivity contribution >= 4 is 5.71 Å².